The van der Waals surface area contributed by atoms with Crippen LogP contribution in [0.3, 0.4) is 0 Å². The summed E-state index contributed by atoms with van der Waals surface area (Å²) in [6.07, 6.45) is 3.98. The number of carbonyl (C=O) groups is 2. The zero-order chi connectivity index (χ0) is 11.4. The third-order valence-electron chi connectivity index (χ3n) is 3.15. The average Bonchev–Trinajstić information content (AvgIpc) is 2.15. The lowest BCUT2D eigenvalue weighted by Gasteiger charge is -2.33. The van der Waals surface area contributed by atoms with Crippen molar-refractivity contribution in [2.75, 3.05) is 7.05 Å². The molecule has 1 saturated carbocycles. The minimum atomic E-state index is -1.05. The van der Waals surface area contributed by atoms with Gasteiger partial charge in [0.2, 0.25) is 5.91 Å². The van der Waals surface area contributed by atoms with Gasteiger partial charge in [-0.1, -0.05) is 19.8 Å². The van der Waals surface area contributed by atoms with Crippen molar-refractivity contribution in [2.24, 2.45) is 5.92 Å². The maximum absolute atomic E-state index is 11.5. The largest absolute Gasteiger partial charge is 0.481 e. The molecule has 2 unspecified atom stereocenters. The van der Waals surface area contributed by atoms with Gasteiger partial charge in [0.15, 0.2) is 0 Å². The highest BCUT2D eigenvalue weighted by molar-refractivity contribution is 5.93. The van der Waals surface area contributed by atoms with E-state index in [0.717, 1.165) is 19.3 Å². The Bertz CT molecular complexity index is 252. The third kappa shape index (κ3) is 3.53. The van der Waals surface area contributed by atoms with Gasteiger partial charge in [-0.2, -0.15) is 0 Å². The fourth-order valence-corrected chi connectivity index (χ4v) is 2.21. The summed E-state index contributed by atoms with van der Waals surface area (Å²) < 4.78 is 0. The van der Waals surface area contributed by atoms with Gasteiger partial charge in [-0.25, -0.2) is 0 Å². The van der Waals surface area contributed by atoms with Gasteiger partial charge >= 0.3 is 5.97 Å². The molecular formula is C11H19NO3. The second-order valence-corrected chi connectivity index (χ2v) is 4.50. The summed E-state index contributed by atoms with van der Waals surface area (Å²) >= 11 is 0. The first-order valence-electron chi connectivity index (χ1n) is 5.48. The first-order chi connectivity index (χ1) is 7.00. The van der Waals surface area contributed by atoms with Gasteiger partial charge in [-0.15, -0.1) is 0 Å². The predicted octanol–water partition coefficient (Wildman–Crippen LogP) is 1.50. The van der Waals surface area contributed by atoms with Crippen LogP contribution in [0.15, 0.2) is 0 Å². The van der Waals surface area contributed by atoms with E-state index in [0.29, 0.717) is 5.92 Å². The summed E-state index contributed by atoms with van der Waals surface area (Å²) in [5.74, 6) is -0.680. The first-order valence-corrected chi connectivity index (χ1v) is 5.48. The van der Waals surface area contributed by atoms with E-state index in [1.807, 2.05) is 0 Å². The highest BCUT2D eigenvalue weighted by atomic mass is 16.4. The van der Waals surface area contributed by atoms with Crippen LogP contribution < -0.4 is 0 Å². The highest BCUT2D eigenvalue weighted by Gasteiger charge is 2.26. The van der Waals surface area contributed by atoms with Crippen molar-refractivity contribution in [1.82, 2.24) is 4.90 Å². The zero-order valence-corrected chi connectivity index (χ0v) is 9.40. The number of carbonyl (C=O) groups excluding carboxylic acids is 1. The number of rotatable bonds is 3. The minimum absolute atomic E-state index is 0.237. The Morgan fingerprint density at radius 1 is 1.40 bits per heavy atom. The topological polar surface area (TPSA) is 57.6 Å². The minimum Gasteiger partial charge on any atom is -0.481 e. The van der Waals surface area contributed by atoms with Crippen LogP contribution in [0.2, 0.25) is 0 Å². The molecule has 4 heteroatoms. The second-order valence-electron chi connectivity index (χ2n) is 4.50. The summed E-state index contributed by atoms with van der Waals surface area (Å²) in [4.78, 5) is 23.5. The molecule has 0 spiro atoms. The molecule has 0 aromatic carbocycles. The van der Waals surface area contributed by atoms with Gasteiger partial charge in [-0.3, -0.25) is 9.59 Å². The maximum atomic E-state index is 11.5. The van der Waals surface area contributed by atoms with Gasteiger partial charge in [0.25, 0.3) is 0 Å². The molecule has 2 atom stereocenters. The Morgan fingerprint density at radius 2 is 2.07 bits per heavy atom. The SMILES string of the molecule is CC1CCCC(N(C)C(=O)CC(=O)O)C1. The van der Waals surface area contributed by atoms with Crippen molar-refractivity contribution in [3.63, 3.8) is 0 Å². The Kier molecular flexibility index (Phi) is 4.12. The van der Waals surface area contributed by atoms with Gasteiger partial charge in [0, 0.05) is 13.1 Å². The summed E-state index contributed by atoms with van der Waals surface area (Å²) in [6, 6.07) is 0.237. The molecule has 0 saturated heterocycles. The number of carboxylic acids is 1. The Morgan fingerprint density at radius 3 is 2.60 bits per heavy atom. The quantitative estimate of drug-likeness (QED) is 0.723. The molecule has 0 aromatic rings. The van der Waals surface area contributed by atoms with Crippen molar-refractivity contribution >= 4 is 11.9 Å². The molecule has 0 aliphatic heterocycles. The standard InChI is InChI=1S/C11H19NO3/c1-8-4-3-5-9(6-8)12(2)10(13)7-11(14)15/h8-9H,3-7H2,1-2H3,(H,14,15). The van der Waals surface area contributed by atoms with Crippen LogP contribution in [-0.4, -0.2) is 35.0 Å². The van der Waals surface area contributed by atoms with E-state index >= 15 is 0 Å². The van der Waals surface area contributed by atoms with Gasteiger partial charge in [0.1, 0.15) is 6.42 Å². The molecule has 1 fully saturated rings. The van der Waals surface area contributed by atoms with Gasteiger partial charge < -0.3 is 10.0 Å². The Balaban J connectivity index is 2.47. The molecule has 0 aromatic heterocycles. The van der Waals surface area contributed by atoms with Crippen LogP contribution in [0, 0.1) is 5.92 Å². The Hall–Kier alpha value is -1.06. The number of carboxylic acid groups (broad SMARTS) is 1. The molecule has 0 bridgehead atoms. The van der Waals surface area contributed by atoms with Crippen LogP contribution in [0.5, 0.6) is 0 Å². The van der Waals surface area contributed by atoms with E-state index in [9.17, 15) is 9.59 Å². The number of nitrogens with zero attached hydrogens (tertiary/aromatic N) is 1. The normalized spacial score (nSPS) is 26.0. The van der Waals surface area contributed by atoms with E-state index in [-0.39, 0.29) is 18.4 Å². The lowest BCUT2D eigenvalue weighted by molar-refractivity contribution is -0.144. The number of hydrogen-bond acceptors (Lipinski definition) is 2. The molecule has 0 heterocycles. The van der Waals surface area contributed by atoms with Crippen molar-refractivity contribution in [3.8, 4) is 0 Å². The van der Waals surface area contributed by atoms with Crippen LogP contribution in [0.1, 0.15) is 39.0 Å². The molecule has 1 rings (SSSR count). The second kappa shape index (κ2) is 5.14. The van der Waals surface area contributed by atoms with Crippen LogP contribution in [0.4, 0.5) is 0 Å². The van der Waals surface area contributed by atoms with Gasteiger partial charge in [0.05, 0.1) is 0 Å². The highest BCUT2D eigenvalue weighted by Crippen LogP contribution is 2.26. The monoisotopic (exact) mass is 213 g/mol. The van der Waals surface area contributed by atoms with E-state index in [1.54, 1.807) is 11.9 Å². The molecule has 15 heavy (non-hydrogen) atoms. The van der Waals surface area contributed by atoms with Crippen molar-refractivity contribution in [1.29, 1.82) is 0 Å². The van der Waals surface area contributed by atoms with E-state index in [4.69, 9.17) is 5.11 Å². The molecule has 1 amide bonds. The third-order valence-corrected chi connectivity index (χ3v) is 3.15. The average molecular weight is 213 g/mol. The smallest absolute Gasteiger partial charge is 0.312 e. The first kappa shape index (κ1) is 12.0. The Labute approximate surface area is 90.3 Å². The molecule has 0 radical (unpaired) electrons. The molecular weight excluding hydrogens is 194 g/mol. The molecule has 1 aliphatic rings. The number of aliphatic carboxylic acids is 1. The number of hydrogen-bond donors (Lipinski definition) is 1. The van der Waals surface area contributed by atoms with E-state index < -0.39 is 5.97 Å². The number of amides is 1. The summed E-state index contributed by atoms with van der Waals surface area (Å²) in [5, 5.41) is 8.54. The molecule has 1 N–H and O–H groups in total. The van der Waals surface area contributed by atoms with Crippen molar-refractivity contribution in [2.45, 2.75) is 45.1 Å². The summed E-state index contributed by atoms with van der Waals surface area (Å²) in [6.45, 7) is 2.18. The zero-order valence-electron chi connectivity index (χ0n) is 9.40. The summed E-state index contributed by atoms with van der Waals surface area (Å²) in [5.41, 5.74) is 0. The van der Waals surface area contributed by atoms with E-state index in [2.05, 4.69) is 6.92 Å². The van der Waals surface area contributed by atoms with E-state index in [1.165, 1.54) is 6.42 Å². The molecule has 1 aliphatic carbocycles. The van der Waals surface area contributed by atoms with Crippen molar-refractivity contribution in [3.05, 3.63) is 0 Å². The van der Waals surface area contributed by atoms with Gasteiger partial charge in [-0.05, 0) is 18.8 Å². The molecule has 86 valence electrons. The van der Waals surface area contributed by atoms with Crippen LogP contribution in [0.25, 0.3) is 0 Å². The van der Waals surface area contributed by atoms with Crippen molar-refractivity contribution < 1.29 is 14.7 Å². The fourth-order valence-electron chi connectivity index (χ4n) is 2.21. The van der Waals surface area contributed by atoms with Crippen LogP contribution >= 0.6 is 0 Å². The fraction of sp³-hybridized carbons (Fsp3) is 0.818. The van der Waals surface area contributed by atoms with Crippen LogP contribution in [-0.2, 0) is 9.59 Å². The lowest BCUT2D eigenvalue weighted by atomic mass is 9.86. The molecule has 4 nitrogen and oxygen atoms in total. The predicted molar refractivity (Wildman–Crippen MR) is 56.4 cm³/mol. The maximum Gasteiger partial charge on any atom is 0.312 e. The lowest BCUT2D eigenvalue weighted by Crippen LogP contribution is -2.40. The summed E-state index contributed by atoms with van der Waals surface area (Å²) in [7, 11) is 1.72.